The number of aryl methyl sites for hydroxylation is 2. The minimum absolute atomic E-state index is 0.000516. The van der Waals surface area contributed by atoms with E-state index >= 15 is 13.2 Å². The molecule has 1 saturated heterocycles. The van der Waals surface area contributed by atoms with Crippen LogP contribution in [0.5, 0.6) is 0 Å². The molecule has 74 heavy (non-hydrogen) atoms. The molecule has 4 aromatic rings. The molecular formula is C57H70F3N5O8S. The third kappa shape index (κ3) is 14.4. The lowest BCUT2D eigenvalue weighted by molar-refractivity contribution is -0.144. The van der Waals surface area contributed by atoms with E-state index in [0.717, 1.165) is 44.0 Å². The van der Waals surface area contributed by atoms with Gasteiger partial charge in [0.1, 0.15) is 30.0 Å². The Morgan fingerprint density at radius 1 is 0.946 bits per heavy atom. The van der Waals surface area contributed by atoms with Gasteiger partial charge >= 0.3 is 0 Å². The highest BCUT2D eigenvalue weighted by atomic mass is 32.1. The van der Waals surface area contributed by atoms with Crippen LogP contribution in [0, 0.1) is 24.0 Å². The summed E-state index contributed by atoms with van der Waals surface area (Å²) in [4.78, 5) is 61.8. The quantitative estimate of drug-likeness (QED) is 0.0489. The summed E-state index contributed by atoms with van der Waals surface area (Å²) in [5.41, 5.74) is 6.66. The molecule has 398 valence electrons. The molecule has 0 saturated carbocycles. The van der Waals surface area contributed by atoms with Crippen LogP contribution in [0.3, 0.4) is 0 Å². The van der Waals surface area contributed by atoms with Crippen molar-refractivity contribution in [3.63, 3.8) is 0 Å². The second-order valence-electron chi connectivity index (χ2n) is 21.2. The van der Waals surface area contributed by atoms with Gasteiger partial charge in [-0.05, 0) is 110 Å². The van der Waals surface area contributed by atoms with E-state index in [2.05, 4.69) is 15.6 Å². The number of aliphatic hydroxyl groups is 1. The molecule has 1 aliphatic carbocycles. The predicted molar refractivity (Wildman–Crippen MR) is 280 cm³/mol. The van der Waals surface area contributed by atoms with Crippen LogP contribution in [0.2, 0.25) is 0 Å². The van der Waals surface area contributed by atoms with E-state index in [1.54, 1.807) is 11.3 Å². The number of hydrogen-bond donors (Lipinski definition) is 3. The Morgan fingerprint density at radius 2 is 1.62 bits per heavy atom. The smallest absolute Gasteiger partial charge is 0.246 e. The molecule has 1 fully saturated rings. The second kappa shape index (κ2) is 24.9. The SMILES string of the molecule is Cc1ncsc1-c1ccc(CCC(=O)[C@@H]2C[C@@H](O)CN2C(=O)[C@@H](NC(=O)COCCOCCOCCNC(=O)/C=C/c2cc(F)c([C@@H]3C4=C(C[C@@H](C)N3CC(C)(C)F)c3ccccc3C4)c(F)c2)C(C)(C)C)cc1. The minimum Gasteiger partial charge on any atom is -0.391 e. The number of carbonyl (C=O) groups excluding carboxylic acids is 4. The van der Waals surface area contributed by atoms with E-state index in [-0.39, 0.29) is 95.1 Å². The molecule has 1 aromatic heterocycles. The number of nitrogens with one attached hydrogen (secondary N) is 2. The molecule has 5 atom stereocenters. The first kappa shape index (κ1) is 56.2. The topological polar surface area (TPSA) is 160 Å². The molecular weight excluding hydrogens is 972 g/mol. The molecule has 3 aliphatic rings. The predicted octanol–water partition coefficient (Wildman–Crippen LogP) is 8.16. The molecule has 3 heterocycles. The summed E-state index contributed by atoms with van der Waals surface area (Å²) in [7, 11) is 0. The number of Topliss-reactive ketones (excluding diaryl/α,β-unsaturated/α-hetero) is 1. The highest BCUT2D eigenvalue weighted by molar-refractivity contribution is 7.13. The molecule has 0 unspecified atom stereocenters. The molecule has 0 bridgehead atoms. The number of thiazole rings is 1. The van der Waals surface area contributed by atoms with Crippen LogP contribution >= 0.6 is 11.3 Å². The van der Waals surface area contributed by atoms with Crippen molar-refractivity contribution < 1.29 is 51.7 Å². The third-order valence-electron chi connectivity index (χ3n) is 13.7. The van der Waals surface area contributed by atoms with Gasteiger partial charge in [0.05, 0.1) is 67.3 Å². The molecule has 7 rings (SSSR count). The Hall–Kier alpha value is -5.56. The van der Waals surface area contributed by atoms with E-state index in [1.807, 2.05) is 93.6 Å². The number of ether oxygens (including phenoxy) is 3. The molecule has 0 spiro atoms. The summed E-state index contributed by atoms with van der Waals surface area (Å²) in [6.07, 6.45) is 3.66. The summed E-state index contributed by atoms with van der Waals surface area (Å²) in [6, 6.07) is 15.6. The zero-order valence-corrected chi connectivity index (χ0v) is 44.3. The van der Waals surface area contributed by atoms with Crippen molar-refractivity contribution in [3.05, 3.63) is 123 Å². The van der Waals surface area contributed by atoms with Gasteiger partial charge in [-0.2, -0.15) is 0 Å². The minimum atomic E-state index is -1.60. The maximum atomic E-state index is 16.1. The first-order chi connectivity index (χ1) is 35.2. The van der Waals surface area contributed by atoms with Gasteiger partial charge in [-0.25, -0.2) is 18.2 Å². The Bertz CT molecular complexity index is 2670. The number of aliphatic hydroxyl groups excluding tert-OH is 1. The lowest BCUT2D eigenvalue weighted by atomic mass is 9.83. The maximum absolute atomic E-state index is 16.1. The van der Waals surface area contributed by atoms with Gasteiger partial charge in [0, 0.05) is 50.2 Å². The number of β-amino-alcohol motifs (C(OH)–C–C–N with tert-alkyl or cyclic N) is 1. The number of ketones is 1. The number of alkyl halides is 1. The largest absolute Gasteiger partial charge is 0.391 e. The van der Waals surface area contributed by atoms with E-state index in [9.17, 15) is 24.3 Å². The Morgan fingerprint density at radius 3 is 2.28 bits per heavy atom. The van der Waals surface area contributed by atoms with Crippen LogP contribution in [0.4, 0.5) is 13.2 Å². The van der Waals surface area contributed by atoms with Crippen LogP contribution in [-0.2, 0) is 46.2 Å². The van der Waals surface area contributed by atoms with Crippen molar-refractivity contribution in [1.82, 2.24) is 25.4 Å². The molecule has 3 amide bonds. The zero-order valence-electron chi connectivity index (χ0n) is 43.5. The van der Waals surface area contributed by atoms with Gasteiger partial charge in [-0.15, -0.1) is 11.3 Å². The number of carbonyl (C=O) groups is 4. The fourth-order valence-corrected chi connectivity index (χ4v) is 10.9. The van der Waals surface area contributed by atoms with Gasteiger partial charge in [0.2, 0.25) is 17.7 Å². The number of hydrogen-bond acceptors (Lipinski definition) is 11. The normalized spacial score (nSPS) is 19.5. The zero-order chi connectivity index (χ0) is 53.3. The van der Waals surface area contributed by atoms with Crippen LogP contribution in [0.25, 0.3) is 22.1 Å². The molecule has 2 aliphatic heterocycles. The Balaban J connectivity index is 0.785. The van der Waals surface area contributed by atoms with Gasteiger partial charge in [-0.3, -0.25) is 24.1 Å². The second-order valence-corrected chi connectivity index (χ2v) is 22.0. The number of fused-ring (bicyclic) bond motifs is 2. The lowest BCUT2D eigenvalue weighted by Crippen LogP contribution is -2.57. The first-order valence-corrected chi connectivity index (χ1v) is 26.3. The number of benzene rings is 3. The number of nitrogens with zero attached hydrogens (tertiary/aromatic N) is 3. The van der Waals surface area contributed by atoms with Gasteiger partial charge in [0.15, 0.2) is 5.78 Å². The summed E-state index contributed by atoms with van der Waals surface area (Å²) in [5, 5.41) is 16.0. The van der Waals surface area contributed by atoms with Crippen LogP contribution in [0.15, 0.2) is 77.8 Å². The monoisotopic (exact) mass is 1040 g/mol. The Labute approximate surface area is 436 Å². The van der Waals surface area contributed by atoms with Gasteiger partial charge in [0.25, 0.3) is 0 Å². The van der Waals surface area contributed by atoms with E-state index in [4.69, 9.17) is 14.2 Å². The molecule has 13 nitrogen and oxygen atoms in total. The van der Waals surface area contributed by atoms with Crippen molar-refractivity contribution in [2.45, 2.75) is 117 Å². The number of likely N-dealkylation sites (tertiary alicyclic amines) is 1. The van der Waals surface area contributed by atoms with Crippen molar-refractivity contribution >= 4 is 46.5 Å². The summed E-state index contributed by atoms with van der Waals surface area (Å²) in [6.45, 7) is 13.0. The average Bonchev–Trinajstić information content (AvgIpc) is 4.07. The first-order valence-electron chi connectivity index (χ1n) is 25.4. The number of rotatable bonds is 23. The van der Waals surface area contributed by atoms with E-state index in [1.165, 1.54) is 43.0 Å². The summed E-state index contributed by atoms with van der Waals surface area (Å²) in [5.74, 6) is -3.12. The fourth-order valence-electron chi connectivity index (χ4n) is 10.1. The van der Waals surface area contributed by atoms with Crippen LogP contribution in [0.1, 0.15) is 100 Å². The van der Waals surface area contributed by atoms with Crippen molar-refractivity contribution in [2.24, 2.45) is 5.41 Å². The number of amides is 3. The highest BCUT2D eigenvalue weighted by Gasteiger charge is 2.45. The van der Waals surface area contributed by atoms with Gasteiger partial charge < -0.3 is 34.9 Å². The van der Waals surface area contributed by atoms with Gasteiger partial charge in [-0.1, -0.05) is 69.3 Å². The molecule has 0 radical (unpaired) electrons. The van der Waals surface area contributed by atoms with Crippen molar-refractivity contribution in [3.8, 4) is 10.4 Å². The Kier molecular flexibility index (Phi) is 18.9. The highest BCUT2D eigenvalue weighted by Crippen LogP contribution is 2.50. The van der Waals surface area contributed by atoms with E-state index in [0.29, 0.717) is 19.3 Å². The molecule has 17 heteroatoms. The molecule has 3 N–H and O–H groups in total. The molecule has 3 aromatic carbocycles. The average molecular weight is 1040 g/mol. The third-order valence-corrected chi connectivity index (χ3v) is 14.7. The lowest BCUT2D eigenvalue weighted by Gasteiger charge is -2.44. The maximum Gasteiger partial charge on any atom is 0.246 e. The van der Waals surface area contributed by atoms with Crippen LogP contribution < -0.4 is 10.6 Å². The standard InChI is InChI=1S/C57H70F3N5O8S/c1-35-26-43-42-11-9-8-10-40(42)29-44(43)52(65(35)33-57(6,7)60)51-45(58)27-38(28-46(51)59)15-19-49(68)61-20-21-71-22-23-72-24-25-73-32-50(69)63-54(56(3,4)5)55(70)64-31-41(66)30-47(64)48(67)18-14-37-12-16-39(17-13-37)53-36(2)62-34-74-53/h8-13,15-17,19,27-28,34-35,41,47,52,54,66H,14,18,20-26,29-33H2,1-7H3,(H,61,68)(H,63,69)/b19-15+/t35-,41-,47+,52+,54-/m1/s1. The fraction of sp³-hybridized carbons (Fsp3) is 0.491. The van der Waals surface area contributed by atoms with Crippen molar-refractivity contribution in [1.29, 1.82) is 0 Å². The van der Waals surface area contributed by atoms with Crippen LogP contribution in [-0.4, -0.2) is 133 Å². The number of halogens is 3. The number of aromatic nitrogens is 1. The summed E-state index contributed by atoms with van der Waals surface area (Å²) >= 11 is 1.57. The van der Waals surface area contributed by atoms with Crippen molar-refractivity contribution in [2.75, 3.05) is 59.3 Å². The van der Waals surface area contributed by atoms with E-state index < -0.39 is 64.7 Å². The summed E-state index contributed by atoms with van der Waals surface area (Å²) < 4.78 is 63.9.